The van der Waals surface area contributed by atoms with Crippen LogP contribution < -0.4 is 4.74 Å². The van der Waals surface area contributed by atoms with Crippen LogP contribution in [0.15, 0.2) is 18.3 Å². The van der Waals surface area contributed by atoms with E-state index in [0.717, 1.165) is 17.9 Å². The van der Waals surface area contributed by atoms with Crippen LogP contribution in [-0.2, 0) is 11.2 Å². The van der Waals surface area contributed by atoms with E-state index in [9.17, 15) is 0 Å². The van der Waals surface area contributed by atoms with E-state index in [4.69, 9.17) is 9.47 Å². The van der Waals surface area contributed by atoms with Gasteiger partial charge in [0, 0.05) is 25.1 Å². The molecule has 0 unspecified atom stereocenters. The minimum atomic E-state index is 0.587. The Morgan fingerprint density at radius 1 is 1.38 bits per heavy atom. The van der Waals surface area contributed by atoms with Crippen LogP contribution in [0.4, 0.5) is 0 Å². The number of aryl methyl sites for hydroxylation is 1. The van der Waals surface area contributed by atoms with Gasteiger partial charge in [-0.2, -0.15) is 0 Å². The van der Waals surface area contributed by atoms with Gasteiger partial charge in [-0.1, -0.05) is 6.92 Å². The molecule has 0 aliphatic carbocycles. The third-order valence-corrected chi connectivity index (χ3v) is 1.71. The standard InChI is InChI=1S/C10H15NO2/c1-3-9-8-10(4-5-11-9)13-7-6-12-2/h4-5,8H,3,6-7H2,1-2H3. The van der Waals surface area contributed by atoms with Gasteiger partial charge in [-0.15, -0.1) is 0 Å². The van der Waals surface area contributed by atoms with E-state index in [1.165, 1.54) is 0 Å². The summed E-state index contributed by atoms with van der Waals surface area (Å²) in [6.07, 6.45) is 2.70. The van der Waals surface area contributed by atoms with Crippen molar-refractivity contribution in [3.63, 3.8) is 0 Å². The third-order valence-electron chi connectivity index (χ3n) is 1.71. The van der Waals surface area contributed by atoms with Crippen molar-refractivity contribution >= 4 is 0 Å². The quantitative estimate of drug-likeness (QED) is 0.647. The molecule has 0 aliphatic rings. The van der Waals surface area contributed by atoms with Crippen molar-refractivity contribution in [1.82, 2.24) is 4.98 Å². The molecule has 3 heteroatoms. The van der Waals surface area contributed by atoms with Crippen molar-refractivity contribution in [3.05, 3.63) is 24.0 Å². The highest BCUT2D eigenvalue weighted by atomic mass is 16.5. The first-order valence-electron chi connectivity index (χ1n) is 4.43. The number of hydrogen-bond acceptors (Lipinski definition) is 3. The van der Waals surface area contributed by atoms with Crippen LogP contribution >= 0.6 is 0 Å². The Hall–Kier alpha value is -1.09. The summed E-state index contributed by atoms with van der Waals surface area (Å²) < 4.78 is 10.3. The zero-order valence-corrected chi connectivity index (χ0v) is 8.12. The molecule has 1 heterocycles. The topological polar surface area (TPSA) is 31.4 Å². The second kappa shape index (κ2) is 5.54. The van der Waals surface area contributed by atoms with Crippen molar-refractivity contribution in [2.75, 3.05) is 20.3 Å². The lowest BCUT2D eigenvalue weighted by Crippen LogP contribution is -2.04. The lowest BCUT2D eigenvalue weighted by molar-refractivity contribution is 0.146. The Bertz CT molecular complexity index is 250. The Morgan fingerprint density at radius 3 is 2.92 bits per heavy atom. The molecule has 72 valence electrons. The van der Waals surface area contributed by atoms with E-state index in [-0.39, 0.29) is 0 Å². The molecular weight excluding hydrogens is 166 g/mol. The van der Waals surface area contributed by atoms with Gasteiger partial charge in [0.05, 0.1) is 6.61 Å². The first kappa shape index (κ1) is 9.99. The number of nitrogens with zero attached hydrogens (tertiary/aromatic N) is 1. The summed E-state index contributed by atoms with van der Waals surface area (Å²) in [6, 6.07) is 3.81. The Labute approximate surface area is 78.7 Å². The number of aromatic nitrogens is 1. The summed E-state index contributed by atoms with van der Waals surface area (Å²) in [4.78, 5) is 4.17. The summed E-state index contributed by atoms with van der Waals surface area (Å²) in [6.45, 7) is 3.27. The second-order valence-corrected chi connectivity index (χ2v) is 2.68. The van der Waals surface area contributed by atoms with Crippen LogP contribution in [-0.4, -0.2) is 25.3 Å². The fourth-order valence-electron chi connectivity index (χ4n) is 0.982. The Morgan fingerprint density at radius 2 is 2.23 bits per heavy atom. The molecule has 0 saturated carbocycles. The molecule has 1 rings (SSSR count). The number of pyridine rings is 1. The van der Waals surface area contributed by atoms with Crippen LogP contribution in [0.1, 0.15) is 12.6 Å². The Kier molecular flexibility index (Phi) is 4.26. The van der Waals surface area contributed by atoms with Crippen LogP contribution in [0.2, 0.25) is 0 Å². The third kappa shape index (κ3) is 3.42. The van der Waals surface area contributed by atoms with Gasteiger partial charge in [0.1, 0.15) is 12.4 Å². The van der Waals surface area contributed by atoms with Crippen molar-refractivity contribution < 1.29 is 9.47 Å². The molecule has 0 atom stereocenters. The summed E-state index contributed by atoms with van der Waals surface area (Å²) in [7, 11) is 1.66. The number of rotatable bonds is 5. The average molecular weight is 181 g/mol. The highest BCUT2D eigenvalue weighted by Crippen LogP contribution is 2.10. The van der Waals surface area contributed by atoms with Gasteiger partial charge in [0.2, 0.25) is 0 Å². The minimum absolute atomic E-state index is 0.587. The van der Waals surface area contributed by atoms with E-state index in [1.54, 1.807) is 13.3 Å². The molecule has 0 aromatic carbocycles. The summed E-state index contributed by atoms with van der Waals surface area (Å²) in [5.41, 5.74) is 1.05. The monoisotopic (exact) mass is 181 g/mol. The smallest absolute Gasteiger partial charge is 0.122 e. The fraction of sp³-hybridized carbons (Fsp3) is 0.500. The van der Waals surface area contributed by atoms with Gasteiger partial charge in [0.15, 0.2) is 0 Å². The van der Waals surface area contributed by atoms with Gasteiger partial charge in [-0.05, 0) is 12.5 Å². The largest absolute Gasteiger partial charge is 0.491 e. The van der Waals surface area contributed by atoms with Crippen molar-refractivity contribution in [2.24, 2.45) is 0 Å². The van der Waals surface area contributed by atoms with Gasteiger partial charge >= 0.3 is 0 Å². The molecule has 0 amide bonds. The molecule has 0 radical (unpaired) electrons. The highest BCUT2D eigenvalue weighted by molar-refractivity contribution is 5.22. The molecule has 0 aliphatic heterocycles. The van der Waals surface area contributed by atoms with Gasteiger partial charge < -0.3 is 9.47 Å². The first-order chi connectivity index (χ1) is 6.36. The predicted molar refractivity (Wildman–Crippen MR) is 51.0 cm³/mol. The SMILES string of the molecule is CCc1cc(OCCOC)ccn1. The normalized spacial score (nSPS) is 10.0. The first-order valence-corrected chi connectivity index (χ1v) is 4.43. The molecule has 0 N–H and O–H groups in total. The predicted octanol–water partition coefficient (Wildman–Crippen LogP) is 1.67. The van der Waals surface area contributed by atoms with E-state index >= 15 is 0 Å². The number of methoxy groups -OCH3 is 1. The summed E-state index contributed by atoms with van der Waals surface area (Å²) in [5, 5.41) is 0. The molecule has 0 fully saturated rings. The van der Waals surface area contributed by atoms with Crippen molar-refractivity contribution in [3.8, 4) is 5.75 Å². The lowest BCUT2D eigenvalue weighted by Gasteiger charge is -2.05. The van der Waals surface area contributed by atoms with Crippen LogP contribution in [0.25, 0.3) is 0 Å². The maximum absolute atomic E-state index is 5.42. The number of ether oxygens (including phenoxy) is 2. The zero-order chi connectivity index (χ0) is 9.52. The summed E-state index contributed by atoms with van der Waals surface area (Å²) in [5.74, 6) is 0.865. The molecule has 3 nitrogen and oxygen atoms in total. The van der Waals surface area contributed by atoms with Gasteiger partial charge in [0.25, 0.3) is 0 Å². The molecule has 1 aromatic heterocycles. The zero-order valence-electron chi connectivity index (χ0n) is 8.12. The maximum atomic E-state index is 5.42. The molecule has 0 saturated heterocycles. The molecule has 1 aromatic rings. The van der Waals surface area contributed by atoms with E-state index < -0.39 is 0 Å². The van der Waals surface area contributed by atoms with Crippen LogP contribution in [0.3, 0.4) is 0 Å². The summed E-state index contributed by atoms with van der Waals surface area (Å²) >= 11 is 0. The van der Waals surface area contributed by atoms with Crippen molar-refractivity contribution in [1.29, 1.82) is 0 Å². The average Bonchev–Trinajstić information content (AvgIpc) is 2.19. The lowest BCUT2D eigenvalue weighted by atomic mass is 10.3. The van der Waals surface area contributed by atoms with Crippen molar-refractivity contribution in [2.45, 2.75) is 13.3 Å². The Balaban J connectivity index is 2.46. The molecule has 0 bridgehead atoms. The van der Waals surface area contributed by atoms with Gasteiger partial charge in [-0.3, -0.25) is 4.98 Å². The fourth-order valence-corrected chi connectivity index (χ4v) is 0.982. The molecule has 13 heavy (non-hydrogen) atoms. The van der Waals surface area contributed by atoms with E-state index in [1.807, 2.05) is 12.1 Å². The van der Waals surface area contributed by atoms with E-state index in [0.29, 0.717) is 13.2 Å². The highest BCUT2D eigenvalue weighted by Gasteiger charge is 1.95. The number of hydrogen-bond donors (Lipinski definition) is 0. The minimum Gasteiger partial charge on any atom is -0.491 e. The van der Waals surface area contributed by atoms with E-state index in [2.05, 4.69) is 11.9 Å². The van der Waals surface area contributed by atoms with Crippen LogP contribution in [0, 0.1) is 0 Å². The van der Waals surface area contributed by atoms with Gasteiger partial charge in [-0.25, -0.2) is 0 Å². The second-order valence-electron chi connectivity index (χ2n) is 2.68. The van der Waals surface area contributed by atoms with Crippen LogP contribution in [0.5, 0.6) is 5.75 Å². The maximum Gasteiger partial charge on any atom is 0.122 e. The molecular formula is C10H15NO2. The molecule has 0 spiro atoms.